The molecule has 0 N–H and O–H groups in total. The first-order valence-corrected chi connectivity index (χ1v) is 10.2. The van der Waals surface area contributed by atoms with E-state index in [1.54, 1.807) is 0 Å². The Hall–Kier alpha value is 1.05. The van der Waals surface area contributed by atoms with Gasteiger partial charge in [-0.25, -0.2) is 0 Å². The van der Waals surface area contributed by atoms with Gasteiger partial charge in [0.05, 0.1) is 0 Å². The van der Waals surface area contributed by atoms with Gasteiger partial charge in [0.1, 0.15) is 0 Å². The first-order valence-electron chi connectivity index (χ1n) is 0.845. The molecule has 0 bridgehead atoms. The molecule has 0 aliphatic rings. The van der Waals surface area contributed by atoms with Crippen molar-refractivity contribution in [1.29, 1.82) is 0 Å². The second-order valence-corrected chi connectivity index (χ2v) is 12.9. The van der Waals surface area contributed by atoms with Gasteiger partial charge in [0.2, 0.25) is 0 Å². The van der Waals surface area contributed by atoms with Gasteiger partial charge in [-0.1, -0.05) is 0 Å². The number of hydrogen-bond acceptors (Lipinski definition) is 0. The van der Waals surface area contributed by atoms with Crippen molar-refractivity contribution in [2.24, 2.45) is 0 Å². The standard InChI is InChI=1S/2ClH.5FH.Sb/h7*1H;/q;;;;;;;+5/p-5. The first kappa shape index (κ1) is 16.0. The molecule has 0 aromatic heterocycles. The van der Waals surface area contributed by atoms with Crippen LogP contribution in [0.2, 0.25) is 0 Å². The van der Waals surface area contributed by atoms with Crippen LogP contribution in [0.15, 0.2) is 0 Å². The van der Waals surface area contributed by atoms with Crippen molar-refractivity contribution in [2.75, 3.05) is 0 Å². The quantitative estimate of drug-likeness (QED) is 0.475. The van der Waals surface area contributed by atoms with E-state index >= 15 is 0 Å². The molecule has 0 aromatic rings. The van der Waals surface area contributed by atoms with Crippen LogP contribution in [0.1, 0.15) is 0 Å². The molecule has 0 amide bonds. The van der Waals surface area contributed by atoms with Gasteiger partial charge in [0.25, 0.3) is 0 Å². The summed E-state index contributed by atoms with van der Waals surface area (Å²) >= 11 is -7.25. The Morgan fingerprint density at radius 2 is 0.875 bits per heavy atom. The van der Waals surface area contributed by atoms with E-state index in [-0.39, 0.29) is 9.41 Å². The zero-order valence-corrected chi connectivity index (χ0v) is 7.22. The second-order valence-electron chi connectivity index (χ2n) is 0.639. The van der Waals surface area contributed by atoms with Crippen molar-refractivity contribution in [3.8, 4) is 0 Å². The predicted molar refractivity (Wildman–Crippen MR) is 25.8 cm³/mol. The van der Waals surface area contributed by atoms with Gasteiger partial charge in [-0.05, 0) is 0 Å². The average molecular weight is 290 g/mol. The minimum atomic E-state index is -7.25. The molecule has 0 nitrogen and oxygen atoms in total. The monoisotopic (exact) mass is 288 g/mol. The molecule has 0 heterocycles. The Labute approximate surface area is 52.5 Å². The summed E-state index contributed by atoms with van der Waals surface area (Å²) in [5.74, 6) is 0. The topological polar surface area (TPSA) is 0 Å². The Kier molecular flexibility index (Phi) is 6.56. The van der Waals surface area contributed by atoms with Crippen molar-refractivity contribution in [3.05, 3.63) is 0 Å². The molecule has 0 rings (SSSR count). The van der Waals surface area contributed by atoms with Crippen LogP contribution in [0.4, 0.5) is 17.8 Å². The molecule has 0 aliphatic heterocycles. The molecule has 0 radical (unpaired) electrons. The molecule has 0 unspecified atom stereocenters. The Morgan fingerprint density at radius 3 is 0.875 bits per heavy atom. The molecule has 0 spiro atoms. The molecule has 8 heteroatoms. The van der Waals surface area contributed by atoms with Crippen LogP contribution in [0.3, 0.4) is 0 Å². The summed E-state index contributed by atoms with van der Waals surface area (Å²) in [6.07, 6.45) is 0. The number of halogens is 7. The van der Waals surface area contributed by atoms with E-state index in [0.717, 1.165) is 0 Å². The summed E-state index contributed by atoms with van der Waals surface area (Å²) in [5, 5.41) is 0. The van der Waals surface area contributed by atoms with Crippen LogP contribution in [-0.2, 0) is 0 Å². The van der Waals surface area contributed by atoms with E-state index in [2.05, 4.69) is 17.7 Å². The van der Waals surface area contributed by atoms with E-state index in [4.69, 9.17) is 0 Å². The van der Waals surface area contributed by atoms with E-state index in [1.165, 1.54) is 0 Å². The third-order valence-electron chi connectivity index (χ3n) is 0. The number of rotatable bonds is 0. The normalized spacial score (nSPS) is 14.4. The summed E-state index contributed by atoms with van der Waals surface area (Å²) in [5.41, 5.74) is 0. The zero-order valence-electron chi connectivity index (χ0n) is 3.15. The Morgan fingerprint density at radius 1 is 0.875 bits per heavy atom. The van der Waals surface area contributed by atoms with E-state index in [0.29, 0.717) is 0 Å². The zero-order chi connectivity index (χ0) is 5.45. The van der Waals surface area contributed by atoms with Gasteiger partial charge >= 0.3 is 43.0 Å². The third-order valence-corrected chi connectivity index (χ3v) is 0. The predicted octanol–water partition coefficient (Wildman–Crippen LogP) is 2.56. The summed E-state index contributed by atoms with van der Waals surface area (Å²) in [7, 11) is 7.51. The van der Waals surface area contributed by atoms with Gasteiger partial charge in [0, 0.05) is 0 Å². The second kappa shape index (κ2) is 3.28. The van der Waals surface area contributed by atoms with Crippen molar-refractivity contribution in [2.45, 2.75) is 0 Å². The molecule has 0 atom stereocenters. The fourth-order valence-corrected chi connectivity index (χ4v) is 0. The molecule has 56 valence electrons. The Bertz CT molecular complexity index is 43.6. The van der Waals surface area contributed by atoms with Crippen molar-refractivity contribution in [1.82, 2.24) is 0 Å². The average Bonchev–Trinajstić information content (AvgIpc) is 0.650. The SMILES string of the molecule is F.F.[F][Sb]([F])([F])([Cl])[Cl]. The maximum absolute atomic E-state index is 10.8. The molecular formula is H2Cl2F5Sb. The van der Waals surface area contributed by atoms with Crippen LogP contribution in [0.25, 0.3) is 0 Å². The molecule has 0 fully saturated rings. The van der Waals surface area contributed by atoms with Gasteiger partial charge in [0.15, 0.2) is 0 Å². The van der Waals surface area contributed by atoms with E-state index < -0.39 is 16.9 Å². The van der Waals surface area contributed by atoms with Crippen molar-refractivity contribution >= 4 is 34.5 Å². The molecular weight excluding hydrogens is 288 g/mol. The summed E-state index contributed by atoms with van der Waals surface area (Å²) < 4.78 is 32.3. The van der Waals surface area contributed by atoms with Gasteiger partial charge in [-0.15, -0.1) is 0 Å². The fraction of sp³-hybridized carbons (Fsp3) is 0. The van der Waals surface area contributed by atoms with Crippen LogP contribution < -0.4 is 0 Å². The van der Waals surface area contributed by atoms with Gasteiger partial charge in [-0.3, -0.25) is 9.41 Å². The third kappa shape index (κ3) is 235. The summed E-state index contributed by atoms with van der Waals surface area (Å²) in [4.78, 5) is 0. The maximum atomic E-state index is 10.8. The van der Waals surface area contributed by atoms with Crippen LogP contribution >= 0.6 is 17.7 Å². The van der Waals surface area contributed by atoms with Crippen LogP contribution in [-0.4, -0.2) is 16.9 Å². The minimum absolute atomic E-state index is 0. The first-order chi connectivity index (χ1) is 2.24. The molecule has 8 heavy (non-hydrogen) atoms. The fourth-order valence-electron chi connectivity index (χ4n) is 0. The molecule has 0 aromatic carbocycles. The van der Waals surface area contributed by atoms with E-state index in [9.17, 15) is 8.44 Å². The summed E-state index contributed by atoms with van der Waals surface area (Å²) in [6, 6.07) is 0. The van der Waals surface area contributed by atoms with Crippen LogP contribution in [0, 0.1) is 0 Å². The molecule has 0 saturated heterocycles. The molecule has 0 aliphatic carbocycles. The number of hydrogen-bond donors (Lipinski definition) is 0. The van der Waals surface area contributed by atoms with Gasteiger partial charge < -0.3 is 0 Å². The van der Waals surface area contributed by atoms with Gasteiger partial charge in [-0.2, -0.15) is 0 Å². The Balaban J connectivity index is -0.000000125. The van der Waals surface area contributed by atoms with Crippen molar-refractivity contribution < 1.29 is 17.8 Å². The van der Waals surface area contributed by atoms with Crippen molar-refractivity contribution in [3.63, 3.8) is 0 Å². The van der Waals surface area contributed by atoms with Crippen LogP contribution in [0.5, 0.6) is 0 Å². The molecule has 0 saturated carbocycles. The summed E-state index contributed by atoms with van der Waals surface area (Å²) in [6.45, 7) is 0. The van der Waals surface area contributed by atoms with E-state index in [1.807, 2.05) is 0 Å².